The van der Waals surface area contributed by atoms with Crippen molar-refractivity contribution in [1.82, 2.24) is 14.3 Å². The molecule has 5 rings (SSSR count). The number of benzene rings is 1. The Balaban J connectivity index is 1.36. The van der Waals surface area contributed by atoms with Crippen molar-refractivity contribution in [3.05, 3.63) is 46.2 Å². The van der Waals surface area contributed by atoms with Gasteiger partial charge in [0, 0.05) is 49.0 Å². The molecule has 2 aliphatic heterocycles. The maximum absolute atomic E-state index is 13.6. The minimum atomic E-state index is -0.0851. The third kappa shape index (κ3) is 4.93. The molecule has 0 spiro atoms. The number of nitrogens with one attached hydrogen (secondary N) is 1. The van der Waals surface area contributed by atoms with Crippen molar-refractivity contribution in [1.29, 1.82) is 0 Å². The number of aromatic nitrogens is 2. The molecule has 9 heteroatoms. The van der Waals surface area contributed by atoms with Gasteiger partial charge in [-0.05, 0) is 80.7 Å². The van der Waals surface area contributed by atoms with Crippen LogP contribution < -0.4 is 10.2 Å². The van der Waals surface area contributed by atoms with Crippen LogP contribution in [0.5, 0.6) is 0 Å². The third-order valence-electron chi connectivity index (χ3n) is 7.58. The number of hydrogen-bond donors (Lipinski definition) is 1. The number of rotatable bonds is 4. The number of aryl methyl sites for hydroxylation is 2. The lowest BCUT2D eigenvalue weighted by molar-refractivity contribution is -0.120. The summed E-state index contributed by atoms with van der Waals surface area (Å²) in [5.74, 6) is 0.652. The van der Waals surface area contributed by atoms with E-state index in [1.807, 2.05) is 30.9 Å². The molecule has 7 nitrogen and oxygen atoms in total. The Morgan fingerprint density at radius 2 is 1.81 bits per heavy atom. The smallest absolute Gasteiger partial charge is 0.257 e. The van der Waals surface area contributed by atoms with Gasteiger partial charge in [0.05, 0.1) is 22.3 Å². The highest BCUT2D eigenvalue weighted by molar-refractivity contribution is 7.13. The molecule has 2 fully saturated rings. The van der Waals surface area contributed by atoms with Crippen molar-refractivity contribution in [3.63, 3.8) is 0 Å². The predicted molar refractivity (Wildman–Crippen MR) is 146 cm³/mol. The molecule has 0 unspecified atom stereocenters. The number of hydrogen-bond acceptors (Lipinski definition) is 6. The second-order valence-corrected chi connectivity index (χ2v) is 11.3. The van der Waals surface area contributed by atoms with E-state index in [4.69, 9.17) is 11.6 Å². The lowest BCUT2D eigenvalue weighted by Crippen LogP contribution is -2.41. The summed E-state index contributed by atoms with van der Waals surface area (Å²) in [7, 11) is 0. The third-order valence-corrected chi connectivity index (χ3v) is 8.66. The summed E-state index contributed by atoms with van der Waals surface area (Å²) in [4.78, 5) is 36.4. The summed E-state index contributed by atoms with van der Waals surface area (Å²) in [6, 6.07) is 5.50. The van der Waals surface area contributed by atoms with E-state index < -0.39 is 0 Å². The molecule has 3 aromatic rings. The molecule has 0 aliphatic carbocycles. The van der Waals surface area contributed by atoms with E-state index >= 15 is 0 Å². The van der Waals surface area contributed by atoms with Crippen LogP contribution >= 0.6 is 23.1 Å². The molecule has 1 aromatic carbocycles. The molecule has 2 aliphatic rings. The van der Waals surface area contributed by atoms with Gasteiger partial charge in [-0.25, -0.2) is 4.98 Å². The zero-order chi connectivity index (χ0) is 25.4. The Morgan fingerprint density at radius 1 is 1.08 bits per heavy atom. The first-order chi connectivity index (χ1) is 17.3. The van der Waals surface area contributed by atoms with Crippen LogP contribution in [0.3, 0.4) is 0 Å². The van der Waals surface area contributed by atoms with Crippen LogP contribution in [0.1, 0.15) is 54.2 Å². The number of likely N-dealkylation sites (tertiary alicyclic amines) is 1. The van der Waals surface area contributed by atoms with Gasteiger partial charge in [-0.2, -0.15) is 4.37 Å². The highest BCUT2D eigenvalue weighted by Crippen LogP contribution is 2.37. The Hall–Kier alpha value is -2.71. The molecular formula is C27H32ClN5O2S. The van der Waals surface area contributed by atoms with E-state index in [-0.39, 0.29) is 17.7 Å². The molecule has 2 aromatic heterocycles. The van der Waals surface area contributed by atoms with Crippen molar-refractivity contribution >= 4 is 56.5 Å². The number of carbonyl (C=O) groups excluding carboxylic acids is 2. The van der Waals surface area contributed by atoms with Gasteiger partial charge in [0.25, 0.3) is 5.91 Å². The largest absolute Gasteiger partial charge is 0.370 e. The van der Waals surface area contributed by atoms with Gasteiger partial charge in [-0.1, -0.05) is 18.5 Å². The van der Waals surface area contributed by atoms with Gasteiger partial charge in [0.1, 0.15) is 4.83 Å². The van der Waals surface area contributed by atoms with E-state index in [2.05, 4.69) is 26.5 Å². The molecule has 2 amide bonds. The first-order valence-corrected chi connectivity index (χ1v) is 13.8. The van der Waals surface area contributed by atoms with Gasteiger partial charge < -0.3 is 15.1 Å². The van der Waals surface area contributed by atoms with E-state index in [9.17, 15) is 9.59 Å². The van der Waals surface area contributed by atoms with E-state index in [1.54, 1.807) is 12.3 Å². The first-order valence-electron chi connectivity index (χ1n) is 12.7. The molecule has 36 heavy (non-hydrogen) atoms. The lowest BCUT2D eigenvalue weighted by atomic mass is 9.94. The molecule has 4 heterocycles. The number of halogens is 1. The number of piperidine rings is 2. The van der Waals surface area contributed by atoms with Gasteiger partial charge in [-0.3, -0.25) is 9.59 Å². The van der Waals surface area contributed by atoms with E-state index in [1.165, 1.54) is 11.5 Å². The second-order valence-electron chi connectivity index (χ2n) is 10.2. The standard InChI is InChI=1S/C27H32ClN5O2S/c1-16-6-10-33(11-7-16)27(35)21-15-29-26-23(18(3)31-36-26)24(21)32-12-8-19(9-13-32)25(34)30-22-5-4-20(28)14-17(22)2/h4-5,14-16,19H,6-13H2,1-3H3,(H,30,34). The quantitative estimate of drug-likeness (QED) is 0.473. The summed E-state index contributed by atoms with van der Waals surface area (Å²) in [5, 5.41) is 4.70. The van der Waals surface area contributed by atoms with Crippen molar-refractivity contribution in [2.45, 2.75) is 46.5 Å². The highest BCUT2D eigenvalue weighted by Gasteiger charge is 2.31. The van der Waals surface area contributed by atoms with Gasteiger partial charge in [0.15, 0.2) is 0 Å². The fraction of sp³-hybridized carbons (Fsp3) is 0.481. The van der Waals surface area contributed by atoms with Crippen LogP contribution in [0.4, 0.5) is 11.4 Å². The van der Waals surface area contributed by atoms with Crippen molar-refractivity contribution < 1.29 is 9.59 Å². The Labute approximate surface area is 221 Å². The molecule has 0 saturated carbocycles. The lowest BCUT2D eigenvalue weighted by Gasteiger charge is -2.36. The van der Waals surface area contributed by atoms with E-state index in [0.29, 0.717) is 42.4 Å². The van der Waals surface area contributed by atoms with Gasteiger partial charge in [-0.15, -0.1) is 0 Å². The van der Waals surface area contributed by atoms with Crippen LogP contribution in [-0.2, 0) is 4.79 Å². The van der Waals surface area contributed by atoms with Crippen LogP contribution in [0.25, 0.3) is 10.2 Å². The average Bonchev–Trinajstić information content (AvgIpc) is 3.26. The number of anilines is 2. The minimum Gasteiger partial charge on any atom is -0.370 e. The fourth-order valence-electron chi connectivity index (χ4n) is 5.27. The monoisotopic (exact) mass is 525 g/mol. The van der Waals surface area contributed by atoms with Crippen LogP contribution in [0.2, 0.25) is 5.02 Å². The summed E-state index contributed by atoms with van der Waals surface area (Å²) >= 11 is 7.43. The fourth-order valence-corrected chi connectivity index (χ4v) is 6.25. The number of fused-ring (bicyclic) bond motifs is 1. The second kappa shape index (κ2) is 10.3. The SMILES string of the molecule is Cc1cc(Cl)ccc1NC(=O)C1CCN(c2c(C(=O)N3CCC(C)CC3)cnc3snc(C)c23)CC1. The molecule has 0 bridgehead atoms. The van der Waals surface area contributed by atoms with Crippen LogP contribution in [-0.4, -0.2) is 52.3 Å². The number of amides is 2. The summed E-state index contributed by atoms with van der Waals surface area (Å²) < 4.78 is 4.53. The number of carbonyl (C=O) groups is 2. The number of nitrogens with zero attached hydrogens (tertiary/aromatic N) is 4. The maximum atomic E-state index is 13.6. The topological polar surface area (TPSA) is 78.4 Å². The minimum absolute atomic E-state index is 0.0343. The molecular weight excluding hydrogens is 494 g/mol. The van der Waals surface area contributed by atoms with Crippen LogP contribution in [0.15, 0.2) is 24.4 Å². The molecule has 190 valence electrons. The maximum Gasteiger partial charge on any atom is 0.257 e. The van der Waals surface area contributed by atoms with Crippen molar-refractivity contribution in [3.8, 4) is 0 Å². The summed E-state index contributed by atoms with van der Waals surface area (Å²) in [5.41, 5.74) is 4.23. The van der Waals surface area contributed by atoms with Crippen LogP contribution in [0, 0.1) is 25.7 Å². The first kappa shape index (κ1) is 25.0. The predicted octanol–water partition coefficient (Wildman–Crippen LogP) is 5.69. The molecule has 0 radical (unpaired) electrons. The molecule has 0 atom stereocenters. The Kier molecular flexibility index (Phi) is 7.17. The Bertz CT molecular complexity index is 1290. The highest BCUT2D eigenvalue weighted by atomic mass is 35.5. The average molecular weight is 526 g/mol. The zero-order valence-corrected chi connectivity index (χ0v) is 22.6. The Morgan fingerprint density at radius 3 is 2.50 bits per heavy atom. The summed E-state index contributed by atoms with van der Waals surface area (Å²) in [6.07, 6.45) is 5.23. The van der Waals surface area contributed by atoms with E-state index in [0.717, 1.165) is 58.8 Å². The van der Waals surface area contributed by atoms with Gasteiger partial charge in [0.2, 0.25) is 5.91 Å². The van der Waals surface area contributed by atoms with Gasteiger partial charge >= 0.3 is 0 Å². The van der Waals surface area contributed by atoms with Crippen molar-refractivity contribution in [2.75, 3.05) is 36.4 Å². The molecule has 2 saturated heterocycles. The molecule has 1 N–H and O–H groups in total. The van der Waals surface area contributed by atoms with Crippen molar-refractivity contribution in [2.24, 2.45) is 11.8 Å². The number of pyridine rings is 1. The normalized spacial score (nSPS) is 17.6. The zero-order valence-electron chi connectivity index (χ0n) is 21.0. The summed E-state index contributed by atoms with van der Waals surface area (Å²) in [6.45, 7) is 9.13.